The minimum Gasteiger partial charge on any atom is -0.388 e. The largest absolute Gasteiger partial charge is 0.388 e. The molecule has 0 unspecified atom stereocenters. The molecule has 1 aromatic rings. The first-order valence-corrected chi connectivity index (χ1v) is 4.14. The third kappa shape index (κ3) is 1.99. The van der Waals surface area contributed by atoms with Crippen LogP contribution >= 0.6 is 12.4 Å². The summed E-state index contributed by atoms with van der Waals surface area (Å²) in [5.74, 6) is 1.65. The van der Waals surface area contributed by atoms with Crippen LogP contribution in [0.2, 0.25) is 0 Å². The molecule has 0 atom stereocenters. The van der Waals surface area contributed by atoms with Crippen molar-refractivity contribution < 1.29 is 5.11 Å². The van der Waals surface area contributed by atoms with Gasteiger partial charge >= 0.3 is 0 Å². The minimum atomic E-state index is -0.0208. The lowest BCUT2D eigenvalue weighted by Crippen LogP contribution is -2.18. The molecule has 0 spiro atoms. The van der Waals surface area contributed by atoms with Gasteiger partial charge in [-0.25, -0.2) is 0 Å². The molecule has 0 aliphatic carbocycles. The summed E-state index contributed by atoms with van der Waals surface area (Å²) in [7, 11) is 0. The second kappa shape index (κ2) is 4.55. The summed E-state index contributed by atoms with van der Waals surface area (Å²) < 4.78 is 1.99. The van der Waals surface area contributed by atoms with E-state index in [1.165, 1.54) is 0 Å². The summed E-state index contributed by atoms with van der Waals surface area (Å²) in [6.07, 6.45) is 0.896. The van der Waals surface area contributed by atoms with Crippen LogP contribution in [-0.4, -0.2) is 33.0 Å². The number of aliphatic hydroxyl groups excluding tert-OH is 1. The van der Waals surface area contributed by atoms with Gasteiger partial charge in [0.1, 0.15) is 12.4 Å². The van der Waals surface area contributed by atoms with Gasteiger partial charge in [0, 0.05) is 26.1 Å². The number of aromatic nitrogens is 3. The average Bonchev–Trinajstić information content (AvgIpc) is 2.33. The third-order valence-corrected chi connectivity index (χ3v) is 2.08. The van der Waals surface area contributed by atoms with Crippen LogP contribution in [-0.2, 0) is 19.6 Å². The Morgan fingerprint density at radius 2 is 2.23 bits per heavy atom. The van der Waals surface area contributed by atoms with Gasteiger partial charge in [0.2, 0.25) is 0 Å². The van der Waals surface area contributed by atoms with Crippen molar-refractivity contribution in [3.63, 3.8) is 0 Å². The van der Waals surface area contributed by atoms with E-state index in [-0.39, 0.29) is 19.0 Å². The van der Waals surface area contributed by atoms with Crippen molar-refractivity contribution in [1.82, 2.24) is 20.1 Å². The predicted octanol–water partition coefficient (Wildman–Crippen LogP) is -0.662. The molecule has 5 nitrogen and oxygen atoms in total. The number of nitrogens with one attached hydrogen (secondary N) is 1. The smallest absolute Gasteiger partial charge is 0.158 e. The summed E-state index contributed by atoms with van der Waals surface area (Å²) >= 11 is 0. The Labute approximate surface area is 82.6 Å². The molecule has 0 fully saturated rings. The van der Waals surface area contributed by atoms with Crippen molar-refractivity contribution in [3.8, 4) is 0 Å². The van der Waals surface area contributed by atoms with Crippen LogP contribution in [0.5, 0.6) is 0 Å². The number of halogens is 1. The second-order valence-corrected chi connectivity index (χ2v) is 2.84. The summed E-state index contributed by atoms with van der Waals surface area (Å²) in [4.78, 5) is 0. The van der Waals surface area contributed by atoms with Gasteiger partial charge in [-0.3, -0.25) is 0 Å². The highest BCUT2D eigenvalue weighted by Gasteiger charge is 2.12. The van der Waals surface area contributed by atoms with Crippen molar-refractivity contribution in [3.05, 3.63) is 11.6 Å². The highest BCUT2D eigenvalue weighted by Crippen LogP contribution is 2.04. The van der Waals surface area contributed by atoms with E-state index in [0.29, 0.717) is 5.82 Å². The van der Waals surface area contributed by atoms with Crippen LogP contribution in [0, 0.1) is 0 Å². The molecule has 0 saturated heterocycles. The number of rotatable bonds is 1. The van der Waals surface area contributed by atoms with Gasteiger partial charge in [-0.05, 0) is 0 Å². The molecule has 1 aromatic heterocycles. The Hall–Kier alpha value is -0.650. The van der Waals surface area contributed by atoms with Gasteiger partial charge in [0.05, 0.1) is 0 Å². The normalized spacial score (nSPS) is 15.8. The molecule has 0 saturated carbocycles. The summed E-state index contributed by atoms with van der Waals surface area (Å²) in [5, 5.41) is 20.1. The first kappa shape index (κ1) is 10.4. The van der Waals surface area contributed by atoms with Crippen molar-refractivity contribution >= 4 is 12.4 Å². The van der Waals surface area contributed by atoms with Crippen LogP contribution in [0.4, 0.5) is 0 Å². The molecule has 1 aliphatic heterocycles. The summed E-state index contributed by atoms with van der Waals surface area (Å²) in [5.41, 5.74) is 0. The standard InChI is InChI=1S/C7H12N4O.ClH/c12-5-7-10-9-6-1-2-8-3-4-11(6)7;/h8,12H,1-5H2;1H. The zero-order valence-corrected chi connectivity index (χ0v) is 8.05. The van der Waals surface area contributed by atoms with E-state index >= 15 is 0 Å². The predicted molar refractivity (Wildman–Crippen MR) is 49.8 cm³/mol. The van der Waals surface area contributed by atoms with Crippen LogP contribution in [0.3, 0.4) is 0 Å². The Morgan fingerprint density at radius 3 is 3.00 bits per heavy atom. The van der Waals surface area contributed by atoms with Gasteiger partial charge in [0.15, 0.2) is 5.82 Å². The van der Waals surface area contributed by atoms with Crippen molar-refractivity contribution in [2.45, 2.75) is 19.6 Å². The first-order chi connectivity index (χ1) is 5.92. The number of fused-ring (bicyclic) bond motifs is 1. The maximum Gasteiger partial charge on any atom is 0.158 e. The highest BCUT2D eigenvalue weighted by molar-refractivity contribution is 5.85. The molecule has 2 heterocycles. The van der Waals surface area contributed by atoms with Crippen molar-refractivity contribution in [2.24, 2.45) is 0 Å². The van der Waals surface area contributed by atoms with E-state index in [0.717, 1.165) is 31.9 Å². The number of hydrogen-bond acceptors (Lipinski definition) is 4. The van der Waals surface area contributed by atoms with Crippen LogP contribution in [0.15, 0.2) is 0 Å². The molecule has 2 rings (SSSR count). The lowest BCUT2D eigenvalue weighted by molar-refractivity contribution is 0.264. The molecule has 2 N–H and O–H groups in total. The fourth-order valence-electron chi connectivity index (χ4n) is 1.45. The summed E-state index contributed by atoms with van der Waals surface area (Å²) in [6, 6.07) is 0. The second-order valence-electron chi connectivity index (χ2n) is 2.84. The van der Waals surface area contributed by atoms with E-state index < -0.39 is 0 Å². The number of hydrogen-bond donors (Lipinski definition) is 2. The molecular formula is C7H13ClN4O. The molecule has 74 valence electrons. The van der Waals surface area contributed by atoms with Crippen LogP contribution < -0.4 is 5.32 Å². The maximum atomic E-state index is 8.93. The quantitative estimate of drug-likeness (QED) is 0.638. The van der Waals surface area contributed by atoms with Gasteiger partial charge in [0.25, 0.3) is 0 Å². The average molecular weight is 205 g/mol. The van der Waals surface area contributed by atoms with E-state index in [4.69, 9.17) is 5.11 Å². The van der Waals surface area contributed by atoms with Crippen molar-refractivity contribution in [2.75, 3.05) is 13.1 Å². The molecule has 0 radical (unpaired) electrons. The lowest BCUT2D eigenvalue weighted by atomic mass is 10.4. The zero-order valence-electron chi connectivity index (χ0n) is 7.23. The highest BCUT2D eigenvalue weighted by atomic mass is 35.5. The molecule has 0 bridgehead atoms. The monoisotopic (exact) mass is 204 g/mol. The maximum absolute atomic E-state index is 8.93. The lowest BCUT2D eigenvalue weighted by Gasteiger charge is -2.03. The van der Waals surface area contributed by atoms with E-state index in [1.807, 2.05) is 4.57 Å². The molecule has 0 amide bonds. The molecule has 13 heavy (non-hydrogen) atoms. The Balaban J connectivity index is 0.000000845. The SMILES string of the molecule is Cl.OCc1nnc2n1CCNCC2. The topological polar surface area (TPSA) is 63.0 Å². The molecule has 6 heteroatoms. The van der Waals surface area contributed by atoms with Crippen LogP contribution in [0.1, 0.15) is 11.6 Å². The van der Waals surface area contributed by atoms with E-state index in [1.54, 1.807) is 0 Å². The van der Waals surface area contributed by atoms with Gasteiger partial charge in [-0.2, -0.15) is 0 Å². The van der Waals surface area contributed by atoms with E-state index in [9.17, 15) is 0 Å². The van der Waals surface area contributed by atoms with Gasteiger partial charge in [-0.15, -0.1) is 22.6 Å². The van der Waals surface area contributed by atoms with Crippen molar-refractivity contribution in [1.29, 1.82) is 0 Å². The molecular weight excluding hydrogens is 192 g/mol. The van der Waals surface area contributed by atoms with Gasteiger partial charge in [-0.1, -0.05) is 0 Å². The first-order valence-electron chi connectivity index (χ1n) is 4.14. The fourth-order valence-corrected chi connectivity index (χ4v) is 1.45. The Morgan fingerprint density at radius 1 is 1.38 bits per heavy atom. The third-order valence-electron chi connectivity index (χ3n) is 2.08. The minimum absolute atomic E-state index is 0. The Bertz CT molecular complexity index is 275. The van der Waals surface area contributed by atoms with Crippen LogP contribution in [0.25, 0.3) is 0 Å². The number of aliphatic hydroxyl groups is 1. The summed E-state index contributed by atoms with van der Waals surface area (Å²) in [6.45, 7) is 2.72. The number of nitrogens with zero attached hydrogens (tertiary/aromatic N) is 3. The fraction of sp³-hybridized carbons (Fsp3) is 0.714. The molecule has 1 aliphatic rings. The Kier molecular flexibility index (Phi) is 3.65. The zero-order chi connectivity index (χ0) is 8.39. The van der Waals surface area contributed by atoms with Gasteiger partial charge < -0.3 is 15.0 Å². The molecule has 0 aromatic carbocycles. The van der Waals surface area contributed by atoms with E-state index in [2.05, 4.69) is 15.5 Å².